The number of carbonyl (C=O) groups excluding carboxylic acids is 3. The zero-order valence-corrected chi connectivity index (χ0v) is 53.4. The normalized spacial score (nSPS) is 12.2. The van der Waals surface area contributed by atoms with Crippen molar-refractivity contribution in [3.05, 3.63) is 36.5 Å². The highest BCUT2D eigenvalue weighted by molar-refractivity contribution is 5.71. The summed E-state index contributed by atoms with van der Waals surface area (Å²) in [5, 5.41) is 0. The summed E-state index contributed by atoms with van der Waals surface area (Å²) in [5.41, 5.74) is 0. The second kappa shape index (κ2) is 68.1. The summed E-state index contributed by atoms with van der Waals surface area (Å²) < 4.78 is 16.9. The van der Waals surface area contributed by atoms with Crippen LogP contribution in [0.4, 0.5) is 0 Å². The van der Waals surface area contributed by atoms with Gasteiger partial charge in [0.25, 0.3) is 0 Å². The van der Waals surface area contributed by atoms with E-state index in [-0.39, 0.29) is 31.1 Å². The van der Waals surface area contributed by atoms with Crippen molar-refractivity contribution in [2.24, 2.45) is 0 Å². The first-order valence-electron chi connectivity index (χ1n) is 35.5. The Labute approximate surface area is 493 Å². The molecule has 0 N–H and O–H groups in total. The smallest absolute Gasteiger partial charge is 0.306 e. The second-order valence-corrected chi connectivity index (χ2v) is 24.2. The van der Waals surface area contributed by atoms with Gasteiger partial charge in [0.1, 0.15) is 13.2 Å². The van der Waals surface area contributed by atoms with Crippen molar-refractivity contribution >= 4 is 17.9 Å². The predicted octanol–water partition coefficient (Wildman–Crippen LogP) is 24.3. The molecule has 0 saturated carbocycles. The number of unbranched alkanes of at least 4 members (excludes halogenated alkanes) is 49. The maximum absolute atomic E-state index is 12.9. The molecule has 79 heavy (non-hydrogen) atoms. The maximum atomic E-state index is 12.9. The van der Waals surface area contributed by atoms with E-state index in [0.29, 0.717) is 19.3 Å². The Morgan fingerprint density at radius 2 is 0.456 bits per heavy atom. The van der Waals surface area contributed by atoms with Crippen LogP contribution in [0.5, 0.6) is 0 Å². The Morgan fingerprint density at radius 3 is 0.709 bits per heavy atom. The molecule has 0 aliphatic rings. The molecule has 1 unspecified atom stereocenters. The standard InChI is InChI=1S/C73H136O6/c1-4-7-10-13-16-19-21-23-25-27-29-31-33-34-35-36-37-38-39-40-41-43-44-46-48-50-52-54-57-60-63-66-72(75)78-69-70(68-77-71(74)65-62-59-56-18-15-12-9-6-3)79-73(76)67-64-61-58-55-53-51-49-47-45-42-32-30-28-26-24-22-20-17-14-11-8-5-2/h21,23,27,29,33-34,70H,4-20,22,24-26,28,30-32,35-69H2,1-3H3/b23-21-,29-27-,34-33-. The second-order valence-electron chi connectivity index (χ2n) is 24.2. The first-order chi connectivity index (χ1) is 39.0. The minimum atomic E-state index is -0.766. The van der Waals surface area contributed by atoms with Gasteiger partial charge in [-0.15, -0.1) is 0 Å². The van der Waals surface area contributed by atoms with E-state index in [0.717, 1.165) is 70.6 Å². The Morgan fingerprint density at radius 1 is 0.253 bits per heavy atom. The number of allylic oxidation sites excluding steroid dienone is 6. The largest absolute Gasteiger partial charge is 0.462 e. The molecule has 0 radical (unpaired) electrons. The van der Waals surface area contributed by atoms with Gasteiger partial charge in [0.05, 0.1) is 0 Å². The predicted molar refractivity (Wildman–Crippen MR) is 344 cm³/mol. The van der Waals surface area contributed by atoms with Gasteiger partial charge in [0, 0.05) is 19.3 Å². The number of hydrogen-bond acceptors (Lipinski definition) is 6. The van der Waals surface area contributed by atoms with Crippen LogP contribution in [0.2, 0.25) is 0 Å². The summed E-state index contributed by atoms with van der Waals surface area (Å²) in [6, 6.07) is 0. The molecule has 1 atom stereocenters. The summed E-state index contributed by atoms with van der Waals surface area (Å²) in [4.78, 5) is 38.2. The quantitative estimate of drug-likeness (QED) is 0.0261. The molecule has 0 aliphatic carbocycles. The molecule has 0 aromatic rings. The average Bonchev–Trinajstić information content (AvgIpc) is 3.45. The minimum absolute atomic E-state index is 0.0657. The molecular weight excluding hydrogens is 973 g/mol. The van der Waals surface area contributed by atoms with Crippen LogP contribution in [-0.2, 0) is 28.6 Å². The molecular formula is C73H136O6. The van der Waals surface area contributed by atoms with Gasteiger partial charge in [0.2, 0.25) is 0 Å². The molecule has 0 fully saturated rings. The van der Waals surface area contributed by atoms with Crippen LogP contribution in [0.15, 0.2) is 36.5 Å². The highest BCUT2D eigenvalue weighted by Gasteiger charge is 2.19. The zero-order chi connectivity index (χ0) is 57.1. The summed E-state index contributed by atoms with van der Waals surface area (Å²) in [5.74, 6) is -0.842. The molecule has 0 aromatic heterocycles. The lowest BCUT2D eigenvalue weighted by atomic mass is 10.0. The number of hydrogen-bond donors (Lipinski definition) is 0. The van der Waals surface area contributed by atoms with Gasteiger partial charge >= 0.3 is 17.9 Å². The number of esters is 3. The van der Waals surface area contributed by atoms with E-state index >= 15 is 0 Å². The fourth-order valence-corrected chi connectivity index (χ4v) is 10.8. The van der Waals surface area contributed by atoms with Crippen molar-refractivity contribution in [2.75, 3.05) is 13.2 Å². The Hall–Kier alpha value is -2.37. The van der Waals surface area contributed by atoms with E-state index < -0.39 is 6.10 Å². The minimum Gasteiger partial charge on any atom is -0.462 e. The molecule has 0 aromatic carbocycles. The summed E-state index contributed by atoms with van der Waals surface area (Å²) >= 11 is 0. The van der Waals surface area contributed by atoms with Crippen LogP contribution >= 0.6 is 0 Å². The third kappa shape index (κ3) is 66.3. The lowest BCUT2D eigenvalue weighted by molar-refractivity contribution is -0.167. The zero-order valence-electron chi connectivity index (χ0n) is 53.4. The van der Waals surface area contributed by atoms with Crippen LogP contribution in [0.25, 0.3) is 0 Å². The van der Waals surface area contributed by atoms with E-state index in [2.05, 4.69) is 57.2 Å². The van der Waals surface area contributed by atoms with Crippen LogP contribution in [-0.4, -0.2) is 37.2 Å². The van der Waals surface area contributed by atoms with Gasteiger partial charge in [0.15, 0.2) is 6.10 Å². The number of ether oxygens (including phenoxy) is 3. The van der Waals surface area contributed by atoms with Crippen molar-refractivity contribution in [2.45, 2.75) is 399 Å². The molecule has 0 aliphatic heterocycles. The highest BCUT2D eigenvalue weighted by atomic mass is 16.6. The van der Waals surface area contributed by atoms with Gasteiger partial charge in [-0.3, -0.25) is 14.4 Å². The molecule has 6 heteroatoms. The third-order valence-electron chi connectivity index (χ3n) is 16.1. The van der Waals surface area contributed by atoms with Gasteiger partial charge in [-0.2, -0.15) is 0 Å². The fraction of sp³-hybridized carbons (Fsp3) is 0.877. The summed E-state index contributed by atoms with van der Waals surface area (Å²) in [6.07, 6.45) is 84.9. The molecule has 6 nitrogen and oxygen atoms in total. The Kier molecular flexibility index (Phi) is 66.1. The van der Waals surface area contributed by atoms with Crippen LogP contribution in [0, 0.1) is 0 Å². The van der Waals surface area contributed by atoms with Gasteiger partial charge in [-0.1, -0.05) is 353 Å². The summed E-state index contributed by atoms with van der Waals surface area (Å²) in [7, 11) is 0. The van der Waals surface area contributed by atoms with Crippen LogP contribution in [0.1, 0.15) is 393 Å². The van der Waals surface area contributed by atoms with E-state index in [1.165, 1.54) is 283 Å². The topological polar surface area (TPSA) is 78.9 Å². The molecule has 0 heterocycles. The lowest BCUT2D eigenvalue weighted by Gasteiger charge is -2.18. The van der Waals surface area contributed by atoms with Crippen LogP contribution < -0.4 is 0 Å². The average molecular weight is 1110 g/mol. The Bertz CT molecular complexity index is 1320. The fourth-order valence-electron chi connectivity index (χ4n) is 10.8. The van der Waals surface area contributed by atoms with Crippen LogP contribution in [0.3, 0.4) is 0 Å². The van der Waals surface area contributed by atoms with E-state index in [4.69, 9.17) is 14.2 Å². The molecule has 0 saturated heterocycles. The highest BCUT2D eigenvalue weighted by Crippen LogP contribution is 2.19. The third-order valence-corrected chi connectivity index (χ3v) is 16.1. The maximum Gasteiger partial charge on any atom is 0.306 e. The summed E-state index contributed by atoms with van der Waals surface area (Å²) in [6.45, 7) is 6.67. The monoisotopic (exact) mass is 1110 g/mol. The Balaban J connectivity index is 4.04. The van der Waals surface area contributed by atoms with Crippen molar-refractivity contribution in [1.82, 2.24) is 0 Å². The van der Waals surface area contributed by atoms with Crippen molar-refractivity contribution in [1.29, 1.82) is 0 Å². The van der Waals surface area contributed by atoms with Crippen molar-refractivity contribution in [3.63, 3.8) is 0 Å². The van der Waals surface area contributed by atoms with Crippen molar-refractivity contribution < 1.29 is 28.6 Å². The molecule has 464 valence electrons. The van der Waals surface area contributed by atoms with E-state index in [1.807, 2.05) is 0 Å². The molecule has 0 amide bonds. The molecule has 0 bridgehead atoms. The SMILES string of the molecule is CCCCCCC/C=C\C/C=C\C/C=C\CCCCCCCCCCCCCCCCCCC(=O)OCC(COC(=O)CCCCCCCCCC)OC(=O)CCCCCCCCCCCCCCCCCCCCCCCC. The molecule has 0 rings (SSSR count). The number of carbonyl (C=O) groups is 3. The number of rotatable bonds is 66. The molecule has 0 spiro atoms. The van der Waals surface area contributed by atoms with Crippen molar-refractivity contribution in [3.8, 4) is 0 Å². The first kappa shape index (κ1) is 76.6. The van der Waals surface area contributed by atoms with Gasteiger partial charge in [-0.25, -0.2) is 0 Å². The van der Waals surface area contributed by atoms with Gasteiger partial charge < -0.3 is 14.2 Å². The van der Waals surface area contributed by atoms with Gasteiger partial charge in [-0.05, 0) is 57.8 Å². The first-order valence-corrected chi connectivity index (χ1v) is 35.5. The lowest BCUT2D eigenvalue weighted by Crippen LogP contribution is -2.30. The van der Waals surface area contributed by atoms with E-state index in [1.54, 1.807) is 0 Å². The van der Waals surface area contributed by atoms with E-state index in [9.17, 15) is 14.4 Å².